The first-order chi connectivity index (χ1) is 13.2. The van der Waals surface area contributed by atoms with Gasteiger partial charge in [0.1, 0.15) is 24.7 Å². The molecule has 2 amide bonds. The first-order valence-electron chi connectivity index (χ1n) is 8.60. The van der Waals surface area contributed by atoms with Crippen molar-refractivity contribution < 1.29 is 14.3 Å². The van der Waals surface area contributed by atoms with Crippen molar-refractivity contribution in [3.8, 4) is 11.5 Å². The molecular weight excluding hydrogens is 401 g/mol. The molecule has 6 nitrogen and oxygen atoms in total. The maximum absolute atomic E-state index is 10.7. The highest BCUT2D eigenvalue weighted by molar-refractivity contribution is 6.36. The molecule has 28 heavy (non-hydrogen) atoms. The molecule has 2 aromatic rings. The third kappa shape index (κ3) is 6.62. The Morgan fingerprint density at radius 3 is 2.39 bits per heavy atom. The smallest absolute Gasteiger partial charge is 0.332 e. The van der Waals surface area contributed by atoms with E-state index >= 15 is 0 Å². The van der Waals surface area contributed by atoms with Crippen molar-refractivity contribution in [1.82, 2.24) is 5.43 Å². The summed E-state index contributed by atoms with van der Waals surface area (Å²) >= 11 is 12.2. The van der Waals surface area contributed by atoms with Gasteiger partial charge < -0.3 is 15.2 Å². The lowest BCUT2D eigenvalue weighted by atomic mass is 9.87. The van der Waals surface area contributed by atoms with Crippen molar-refractivity contribution in [2.75, 3.05) is 13.2 Å². The van der Waals surface area contributed by atoms with Crippen molar-refractivity contribution in [2.24, 2.45) is 10.8 Å². The molecule has 0 atom stereocenters. The van der Waals surface area contributed by atoms with E-state index in [1.165, 1.54) is 11.8 Å². The lowest BCUT2D eigenvalue weighted by Gasteiger charge is -2.19. The molecule has 2 rings (SSSR count). The van der Waals surface area contributed by atoms with E-state index in [1.807, 2.05) is 24.3 Å². The van der Waals surface area contributed by atoms with Crippen LogP contribution in [0.5, 0.6) is 11.5 Å². The fraction of sp³-hybridized carbons (Fsp3) is 0.300. The minimum Gasteiger partial charge on any atom is -0.490 e. The zero-order chi connectivity index (χ0) is 20.7. The summed E-state index contributed by atoms with van der Waals surface area (Å²) in [5.74, 6) is 1.14. The molecule has 0 radical (unpaired) electrons. The van der Waals surface area contributed by atoms with Crippen LogP contribution in [0.25, 0.3) is 0 Å². The van der Waals surface area contributed by atoms with Crippen LogP contribution in [0.3, 0.4) is 0 Å². The Labute approximate surface area is 174 Å². The van der Waals surface area contributed by atoms with Gasteiger partial charge in [-0.25, -0.2) is 10.2 Å². The largest absolute Gasteiger partial charge is 0.490 e. The number of ether oxygens (including phenoxy) is 2. The first-order valence-corrected chi connectivity index (χ1v) is 9.36. The van der Waals surface area contributed by atoms with E-state index in [2.05, 4.69) is 31.3 Å². The number of rotatable bonds is 7. The maximum atomic E-state index is 10.7. The molecule has 0 heterocycles. The summed E-state index contributed by atoms with van der Waals surface area (Å²) in [5.41, 5.74) is 8.91. The topological polar surface area (TPSA) is 85.9 Å². The lowest BCUT2D eigenvalue weighted by Crippen LogP contribution is -2.24. The number of carbonyl (C=O) groups is 1. The summed E-state index contributed by atoms with van der Waals surface area (Å²) in [6.45, 7) is 7.06. The third-order valence-electron chi connectivity index (χ3n) is 3.73. The third-order valence-corrected chi connectivity index (χ3v) is 4.23. The predicted molar refractivity (Wildman–Crippen MR) is 113 cm³/mol. The van der Waals surface area contributed by atoms with Crippen LogP contribution in [0.4, 0.5) is 4.79 Å². The SMILES string of the molecule is CC(C)(C)c1ccc(OCCOc2c(Cl)cc(Cl)cc2C=NNC(N)=O)cc1. The van der Waals surface area contributed by atoms with Gasteiger partial charge >= 0.3 is 6.03 Å². The second kappa shape index (κ2) is 9.66. The molecule has 150 valence electrons. The molecule has 0 saturated heterocycles. The number of halogens is 2. The molecule has 0 saturated carbocycles. The molecule has 0 unspecified atom stereocenters. The second-order valence-electron chi connectivity index (χ2n) is 7.01. The molecule has 0 aliphatic carbocycles. The van der Waals surface area contributed by atoms with Gasteiger partial charge in [-0.1, -0.05) is 56.1 Å². The molecule has 0 aromatic heterocycles. The highest BCUT2D eigenvalue weighted by atomic mass is 35.5. The van der Waals surface area contributed by atoms with E-state index in [1.54, 1.807) is 12.1 Å². The number of hydrazone groups is 1. The first kappa shape index (κ1) is 21.9. The summed E-state index contributed by atoms with van der Waals surface area (Å²) in [6, 6.07) is 10.4. The fourth-order valence-electron chi connectivity index (χ4n) is 2.35. The van der Waals surface area contributed by atoms with Crippen molar-refractivity contribution >= 4 is 35.4 Å². The monoisotopic (exact) mass is 423 g/mol. The Hall–Kier alpha value is -2.44. The standard InChI is InChI=1S/C20H23Cl2N3O3/c1-20(2,3)14-4-6-16(7-5-14)27-8-9-28-18-13(12-24-25-19(23)26)10-15(21)11-17(18)22/h4-7,10-12H,8-9H2,1-3H3,(H3,23,25,26). The molecule has 0 bridgehead atoms. The van der Waals surface area contributed by atoms with Crippen LogP contribution in [0.15, 0.2) is 41.5 Å². The quantitative estimate of drug-likeness (QED) is 0.382. The predicted octanol–water partition coefficient (Wildman–Crippen LogP) is 4.75. The van der Waals surface area contributed by atoms with Gasteiger partial charge in [-0.2, -0.15) is 5.10 Å². The van der Waals surface area contributed by atoms with Crippen LogP contribution in [-0.2, 0) is 5.41 Å². The van der Waals surface area contributed by atoms with Crippen LogP contribution >= 0.6 is 23.2 Å². The molecule has 3 N–H and O–H groups in total. The van der Waals surface area contributed by atoms with E-state index in [0.717, 1.165) is 5.75 Å². The van der Waals surface area contributed by atoms with Crippen LogP contribution in [0, 0.1) is 0 Å². The van der Waals surface area contributed by atoms with Gasteiger partial charge in [0.05, 0.1) is 11.2 Å². The van der Waals surface area contributed by atoms with Gasteiger partial charge in [-0.15, -0.1) is 0 Å². The zero-order valence-electron chi connectivity index (χ0n) is 16.0. The van der Waals surface area contributed by atoms with E-state index in [0.29, 0.717) is 28.0 Å². The maximum Gasteiger partial charge on any atom is 0.332 e. The van der Waals surface area contributed by atoms with E-state index in [9.17, 15) is 4.79 Å². The number of amides is 2. The van der Waals surface area contributed by atoms with Crippen LogP contribution < -0.4 is 20.6 Å². The average Bonchev–Trinajstić information content (AvgIpc) is 2.59. The highest BCUT2D eigenvalue weighted by Crippen LogP contribution is 2.31. The highest BCUT2D eigenvalue weighted by Gasteiger charge is 2.13. The summed E-state index contributed by atoms with van der Waals surface area (Å²) in [4.78, 5) is 10.7. The number of hydrogen-bond donors (Lipinski definition) is 2. The van der Waals surface area contributed by atoms with Gasteiger partial charge in [0.2, 0.25) is 0 Å². The van der Waals surface area contributed by atoms with Gasteiger partial charge in [-0.3, -0.25) is 0 Å². The Morgan fingerprint density at radius 2 is 1.79 bits per heavy atom. The minimum absolute atomic E-state index is 0.0916. The molecule has 0 aliphatic heterocycles. The Kier molecular flexibility index (Phi) is 7.54. The van der Waals surface area contributed by atoms with E-state index in [4.69, 9.17) is 38.4 Å². The van der Waals surface area contributed by atoms with Gasteiger partial charge in [-0.05, 0) is 35.2 Å². The Bertz CT molecular complexity index is 847. The van der Waals surface area contributed by atoms with Gasteiger partial charge in [0, 0.05) is 10.6 Å². The fourth-order valence-corrected chi connectivity index (χ4v) is 2.91. The Balaban J connectivity index is 1.97. The number of urea groups is 1. The van der Waals surface area contributed by atoms with Crippen LogP contribution in [-0.4, -0.2) is 25.5 Å². The van der Waals surface area contributed by atoms with Crippen LogP contribution in [0.1, 0.15) is 31.9 Å². The summed E-state index contributed by atoms with van der Waals surface area (Å²) < 4.78 is 11.4. The number of nitrogens with zero attached hydrogens (tertiary/aromatic N) is 1. The number of hydrogen-bond acceptors (Lipinski definition) is 4. The molecule has 8 heteroatoms. The lowest BCUT2D eigenvalue weighted by molar-refractivity contribution is 0.217. The summed E-state index contributed by atoms with van der Waals surface area (Å²) in [5, 5.41) is 4.44. The number of carbonyl (C=O) groups excluding carboxylic acids is 1. The number of benzene rings is 2. The van der Waals surface area contributed by atoms with Crippen molar-refractivity contribution in [2.45, 2.75) is 26.2 Å². The number of nitrogens with one attached hydrogen (secondary N) is 1. The molecular formula is C20H23Cl2N3O3. The molecule has 0 spiro atoms. The van der Waals surface area contributed by atoms with Gasteiger partial charge in [0.25, 0.3) is 0 Å². The second-order valence-corrected chi connectivity index (χ2v) is 7.86. The molecule has 0 fully saturated rings. The normalized spacial score (nSPS) is 11.5. The number of primary amides is 1. The van der Waals surface area contributed by atoms with Crippen molar-refractivity contribution in [3.63, 3.8) is 0 Å². The van der Waals surface area contributed by atoms with E-state index in [-0.39, 0.29) is 12.0 Å². The van der Waals surface area contributed by atoms with Gasteiger partial charge in [0.15, 0.2) is 0 Å². The Morgan fingerprint density at radius 1 is 1.14 bits per heavy atom. The molecule has 2 aromatic carbocycles. The number of nitrogens with two attached hydrogens (primary N) is 1. The van der Waals surface area contributed by atoms with Crippen LogP contribution in [0.2, 0.25) is 10.0 Å². The van der Waals surface area contributed by atoms with E-state index < -0.39 is 6.03 Å². The van der Waals surface area contributed by atoms with Crippen molar-refractivity contribution in [3.05, 3.63) is 57.6 Å². The average molecular weight is 424 g/mol. The van der Waals surface area contributed by atoms with Crippen molar-refractivity contribution in [1.29, 1.82) is 0 Å². The molecule has 0 aliphatic rings. The minimum atomic E-state index is -0.780. The summed E-state index contributed by atoms with van der Waals surface area (Å²) in [7, 11) is 0. The zero-order valence-corrected chi connectivity index (χ0v) is 17.5. The summed E-state index contributed by atoms with van der Waals surface area (Å²) in [6.07, 6.45) is 1.35.